The fraction of sp³-hybridized carbons (Fsp3) is 0.889. The summed E-state index contributed by atoms with van der Waals surface area (Å²) in [7, 11) is 4.14. The molecule has 0 aromatic heterocycles. The molecular formula is C9H20N2O. The summed E-state index contributed by atoms with van der Waals surface area (Å²) in [4.78, 5) is 7.12. The van der Waals surface area contributed by atoms with E-state index in [1.54, 1.807) is 0 Å². The van der Waals surface area contributed by atoms with Crippen LogP contribution in [0.15, 0.2) is 5.16 Å². The summed E-state index contributed by atoms with van der Waals surface area (Å²) in [6.45, 7) is 6.75. The van der Waals surface area contributed by atoms with Gasteiger partial charge in [0.05, 0.1) is 5.71 Å². The van der Waals surface area contributed by atoms with E-state index >= 15 is 0 Å². The largest absolute Gasteiger partial charge is 0.396 e. The van der Waals surface area contributed by atoms with E-state index in [-0.39, 0.29) is 0 Å². The van der Waals surface area contributed by atoms with Gasteiger partial charge in [-0.1, -0.05) is 5.16 Å². The quantitative estimate of drug-likeness (QED) is 0.466. The summed E-state index contributed by atoms with van der Waals surface area (Å²) in [6.07, 6.45) is 0.965. The minimum atomic E-state index is 0.522. The van der Waals surface area contributed by atoms with E-state index in [0.717, 1.165) is 12.1 Å². The molecule has 0 aromatic rings. The van der Waals surface area contributed by atoms with Gasteiger partial charge >= 0.3 is 0 Å². The molecule has 0 saturated carbocycles. The van der Waals surface area contributed by atoms with Crippen LogP contribution in [0.2, 0.25) is 0 Å². The molecule has 1 atom stereocenters. The van der Waals surface area contributed by atoms with Gasteiger partial charge in [0.25, 0.3) is 0 Å². The Balaban J connectivity index is 3.74. The Hall–Kier alpha value is -0.570. The van der Waals surface area contributed by atoms with Gasteiger partial charge in [-0.3, -0.25) is 0 Å². The molecule has 0 fully saturated rings. The van der Waals surface area contributed by atoms with Crippen molar-refractivity contribution in [1.29, 1.82) is 0 Å². The molecule has 0 heterocycles. The summed E-state index contributed by atoms with van der Waals surface area (Å²) in [6, 6.07) is 0.522. The first-order valence-electron chi connectivity index (χ1n) is 4.39. The predicted octanol–water partition coefficient (Wildman–Crippen LogP) is 1.74. The Labute approximate surface area is 75.4 Å². The van der Waals surface area contributed by atoms with Crippen molar-refractivity contribution in [1.82, 2.24) is 4.90 Å². The summed E-state index contributed by atoms with van der Waals surface area (Å²) in [5, 5.41) is 3.96. The van der Waals surface area contributed by atoms with Crippen LogP contribution in [-0.2, 0) is 4.84 Å². The second-order valence-corrected chi connectivity index (χ2v) is 3.26. The third-order valence-corrected chi connectivity index (χ3v) is 1.82. The van der Waals surface area contributed by atoms with Crippen LogP contribution < -0.4 is 0 Å². The first kappa shape index (κ1) is 11.4. The van der Waals surface area contributed by atoms with Gasteiger partial charge < -0.3 is 9.74 Å². The molecule has 0 aliphatic carbocycles. The average molecular weight is 172 g/mol. The topological polar surface area (TPSA) is 24.8 Å². The Morgan fingerprint density at radius 2 is 2.08 bits per heavy atom. The van der Waals surface area contributed by atoms with Gasteiger partial charge in [0, 0.05) is 12.5 Å². The number of hydrogen-bond acceptors (Lipinski definition) is 3. The van der Waals surface area contributed by atoms with Crippen LogP contribution in [0.4, 0.5) is 0 Å². The highest BCUT2D eigenvalue weighted by molar-refractivity contribution is 5.81. The lowest BCUT2D eigenvalue weighted by Crippen LogP contribution is -2.26. The van der Waals surface area contributed by atoms with E-state index in [2.05, 4.69) is 31.1 Å². The van der Waals surface area contributed by atoms with Crippen LogP contribution in [-0.4, -0.2) is 37.4 Å². The first-order valence-corrected chi connectivity index (χ1v) is 4.39. The van der Waals surface area contributed by atoms with Crippen LogP contribution in [0.3, 0.4) is 0 Å². The molecule has 3 heteroatoms. The first-order chi connectivity index (χ1) is 5.57. The summed E-state index contributed by atoms with van der Waals surface area (Å²) < 4.78 is 0. The zero-order valence-corrected chi connectivity index (χ0v) is 8.79. The molecular weight excluding hydrogens is 152 g/mol. The Bertz CT molecular complexity index is 143. The maximum Gasteiger partial charge on any atom is 0.114 e. The molecule has 0 radical (unpaired) electrons. The number of oxime groups is 1. The molecule has 0 rings (SSSR count). The highest BCUT2D eigenvalue weighted by atomic mass is 16.6. The standard InChI is InChI=1S/C9H20N2O/c1-6-12-10-8(2)7-9(3)11(4)5/h9H,6-7H2,1-5H3/b10-8-. The third kappa shape index (κ3) is 5.13. The van der Waals surface area contributed by atoms with Crippen molar-refractivity contribution in [2.45, 2.75) is 33.2 Å². The summed E-state index contributed by atoms with van der Waals surface area (Å²) in [5.74, 6) is 0. The fourth-order valence-electron chi connectivity index (χ4n) is 0.822. The van der Waals surface area contributed by atoms with E-state index in [0.29, 0.717) is 12.6 Å². The SMILES string of the molecule is CCO/N=C(/C)CC(C)N(C)C. The van der Waals surface area contributed by atoms with Gasteiger partial charge in [-0.2, -0.15) is 0 Å². The molecule has 0 aliphatic heterocycles. The predicted molar refractivity (Wildman–Crippen MR) is 52.5 cm³/mol. The van der Waals surface area contributed by atoms with Crippen molar-refractivity contribution in [2.24, 2.45) is 5.16 Å². The van der Waals surface area contributed by atoms with Crippen molar-refractivity contribution in [3.8, 4) is 0 Å². The van der Waals surface area contributed by atoms with Crippen LogP contribution in [0.25, 0.3) is 0 Å². The molecule has 0 bridgehead atoms. The monoisotopic (exact) mass is 172 g/mol. The van der Waals surface area contributed by atoms with Gasteiger partial charge in [-0.05, 0) is 34.9 Å². The highest BCUT2D eigenvalue weighted by Crippen LogP contribution is 2.00. The smallest absolute Gasteiger partial charge is 0.114 e. The third-order valence-electron chi connectivity index (χ3n) is 1.82. The molecule has 0 N–H and O–H groups in total. The fourth-order valence-corrected chi connectivity index (χ4v) is 0.822. The minimum Gasteiger partial charge on any atom is -0.396 e. The van der Waals surface area contributed by atoms with E-state index in [9.17, 15) is 0 Å². The van der Waals surface area contributed by atoms with Crippen LogP contribution >= 0.6 is 0 Å². The van der Waals surface area contributed by atoms with E-state index in [4.69, 9.17) is 4.84 Å². The molecule has 72 valence electrons. The van der Waals surface area contributed by atoms with Crippen LogP contribution in [0, 0.1) is 0 Å². The van der Waals surface area contributed by atoms with Crippen molar-refractivity contribution in [2.75, 3.05) is 20.7 Å². The van der Waals surface area contributed by atoms with Gasteiger partial charge in [-0.15, -0.1) is 0 Å². The van der Waals surface area contributed by atoms with Crippen molar-refractivity contribution >= 4 is 5.71 Å². The zero-order chi connectivity index (χ0) is 9.56. The summed E-state index contributed by atoms with van der Waals surface area (Å²) >= 11 is 0. The second-order valence-electron chi connectivity index (χ2n) is 3.26. The van der Waals surface area contributed by atoms with Crippen LogP contribution in [0.5, 0.6) is 0 Å². The summed E-state index contributed by atoms with van der Waals surface area (Å²) in [5.41, 5.74) is 1.05. The van der Waals surface area contributed by atoms with Gasteiger partial charge in [0.1, 0.15) is 6.61 Å². The highest BCUT2D eigenvalue weighted by Gasteiger charge is 2.05. The van der Waals surface area contributed by atoms with Crippen molar-refractivity contribution in [3.05, 3.63) is 0 Å². The average Bonchev–Trinajstić information content (AvgIpc) is 2.00. The van der Waals surface area contributed by atoms with E-state index in [1.165, 1.54) is 0 Å². The minimum absolute atomic E-state index is 0.522. The number of hydrogen-bond donors (Lipinski definition) is 0. The lowest BCUT2D eigenvalue weighted by molar-refractivity contribution is 0.157. The van der Waals surface area contributed by atoms with Crippen LogP contribution in [0.1, 0.15) is 27.2 Å². The normalized spacial score (nSPS) is 15.0. The Morgan fingerprint density at radius 1 is 1.50 bits per heavy atom. The van der Waals surface area contributed by atoms with E-state index < -0.39 is 0 Å². The van der Waals surface area contributed by atoms with Crippen molar-refractivity contribution in [3.63, 3.8) is 0 Å². The molecule has 0 aliphatic rings. The Morgan fingerprint density at radius 3 is 2.50 bits per heavy atom. The van der Waals surface area contributed by atoms with Gasteiger partial charge in [-0.25, -0.2) is 0 Å². The lowest BCUT2D eigenvalue weighted by atomic mass is 10.1. The molecule has 0 aromatic carbocycles. The molecule has 0 spiro atoms. The molecule has 3 nitrogen and oxygen atoms in total. The van der Waals surface area contributed by atoms with Gasteiger partial charge in [0.2, 0.25) is 0 Å². The van der Waals surface area contributed by atoms with Crippen molar-refractivity contribution < 1.29 is 4.84 Å². The maximum absolute atomic E-state index is 4.95. The molecule has 0 amide bonds. The molecule has 12 heavy (non-hydrogen) atoms. The molecule has 0 saturated heterocycles. The molecule has 1 unspecified atom stereocenters. The number of rotatable bonds is 5. The number of nitrogens with zero attached hydrogens (tertiary/aromatic N) is 2. The van der Waals surface area contributed by atoms with E-state index in [1.807, 2.05) is 13.8 Å². The second kappa shape index (κ2) is 6.00. The Kier molecular flexibility index (Phi) is 5.72. The van der Waals surface area contributed by atoms with Gasteiger partial charge in [0.15, 0.2) is 0 Å². The zero-order valence-electron chi connectivity index (χ0n) is 8.79. The maximum atomic E-state index is 4.95. The lowest BCUT2D eigenvalue weighted by Gasteiger charge is -2.18.